The molecule has 72 valence electrons. The molecule has 0 atom stereocenters. The summed E-state index contributed by atoms with van der Waals surface area (Å²) in [5, 5.41) is 0. The monoisotopic (exact) mass is 196 g/mol. The van der Waals surface area contributed by atoms with Gasteiger partial charge >= 0.3 is 16.6 Å². The Morgan fingerprint density at radius 3 is 2.00 bits per heavy atom. The first-order chi connectivity index (χ1) is 6.31. The Kier molecular flexibility index (Phi) is 9.51. The van der Waals surface area contributed by atoms with Gasteiger partial charge in [0.05, 0.1) is 6.61 Å². The lowest BCUT2D eigenvalue weighted by Crippen LogP contribution is -1.97. The van der Waals surface area contributed by atoms with Gasteiger partial charge in [0.1, 0.15) is 0 Å². The molecule has 3 heteroatoms. The van der Waals surface area contributed by atoms with E-state index in [9.17, 15) is 0 Å². The minimum atomic E-state index is 0.726. The van der Waals surface area contributed by atoms with Crippen LogP contribution < -0.4 is 0 Å². The molecule has 0 bridgehead atoms. The lowest BCUT2D eigenvalue weighted by atomic mass is 10.2. The summed E-state index contributed by atoms with van der Waals surface area (Å²) >= 11 is 0.823. The van der Waals surface area contributed by atoms with Gasteiger partial charge in [-0.05, 0) is 6.92 Å². The van der Waals surface area contributed by atoms with Gasteiger partial charge in [-0.1, -0.05) is 35.9 Å². The number of benzene rings is 1. The summed E-state index contributed by atoms with van der Waals surface area (Å²) in [4.78, 5) is 0. The third-order valence-electron chi connectivity index (χ3n) is 1.43. The summed E-state index contributed by atoms with van der Waals surface area (Å²) in [6.45, 7) is 3.56. The fourth-order valence-corrected chi connectivity index (χ4v) is 0.868. The highest BCUT2D eigenvalue weighted by Crippen LogP contribution is 1.92. The van der Waals surface area contributed by atoms with Gasteiger partial charge in [-0.25, -0.2) is 0 Å². The maximum absolute atomic E-state index is 4.80. The van der Waals surface area contributed by atoms with Crippen molar-refractivity contribution in [1.82, 2.24) is 0 Å². The van der Waals surface area contributed by atoms with Crippen molar-refractivity contribution in [3.63, 3.8) is 0 Å². The second-order valence-corrected chi connectivity index (χ2v) is 3.22. The van der Waals surface area contributed by atoms with Gasteiger partial charge in [0.25, 0.3) is 0 Å². The zero-order valence-electron chi connectivity index (χ0n) is 8.62. The summed E-state index contributed by atoms with van der Waals surface area (Å²) in [6.07, 6.45) is 0. The maximum atomic E-state index is 4.80. The Hall–Kier alpha value is -0.328. The fraction of sp³-hybridized carbons (Fsp3) is 0.400. The van der Waals surface area contributed by atoms with Crippen molar-refractivity contribution >= 4 is 16.6 Å². The van der Waals surface area contributed by atoms with Crippen molar-refractivity contribution < 1.29 is 8.53 Å². The van der Waals surface area contributed by atoms with E-state index in [-0.39, 0.29) is 0 Å². The molecule has 0 heterocycles. The Bertz CT molecular complexity index is 185. The second kappa shape index (κ2) is 9.76. The number of rotatable bonds is 3. The van der Waals surface area contributed by atoms with Gasteiger partial charge in [-0.3, -0.25) is 0 Å². The van der Waals surface area contributed by atoms with Crippen LogP contribution in [0.2, 0.25) is 0 Å². The number of hydrogen-bond acceptors (Lipinski definition) is 2. The van der Waals surface area contributed by atoms with Crippen LogP contribution in [0, 0.1) is 6.92 Å². The Morgan fingerprint density at radius 1 is 1.15 bits per heavy atom. The predicted molar refractivity (Wildman–Crippen MR) is 57.6 cm³/mol. The predicted octanol–water partition coefficient (Wildman–Crippen LogP) is 1.19. The highest BCUT2D eigenvalue weighted by molar-refractivity contribution is 5.97. The molecule has 0 radical (unpaired) electrons. The largest absolute Gasteiger partial charge is 0.504 e. The zero-order chi connectivity index (χ0) is 9.94. The van der Waals surface area contributed by atoms with Crippen LogP contribution in [0.3, 0.4) is 0 Å². The lowest BCUT2D eigenvalue weighted by Gasteiger charge is -1.93. The minimum Gasteiger partial charge on any atom is -0.504 e. The van der Waals surface area contributed by atoms with E-state index < -0.39 is 0 Å². The highest BCUT2D eigenvalue weighted by Gasteiger charge is 1.73. The molecule has 0 fully saturated rings. The summed E-state index contributed by atoms with van der Waals surface area (Å²) in [6, 6.07) is 10.3. The van der Waals surface area contributed by atoms with E-state index >= 15 is 0 Å². The molecular weight excluding hydrogens is 179 g/mol. The van der Waals surface area contributed by atoms with Gasteiger partial charge in [0, 0.05) is 13.7 Å². The SMILES string of the molecule is COCC[O][AlH2].Cc1ccccc1. The first-order valence-electron chi connectivity index (χ1n) is 4.30. The molecule has 1 aromatic rings. The molecule has 0 aliphatic rings. The van der Waals surface area contributed by atoms with Crippen LogP contribution in [0.15, 0.2) is 30.3 Å². The van der Waals surface area contributed by atoms with Crippen molar-refractivity contribution in [2.75, 3.05) is 20.3 Å². The van der Waals surface area contributed by atoms with Crippen LogP contribution in [0.1, 0.15) is 5.56 Å². The summed E-state index contributed by atoms with van der Waals surface area (Å²) in [5.41, 5.74) is 1.32. The molecule has 1 rings (SSSR count). The molecule has 0 spiro atoms. The zero-order valence-corrected chi connectivity index (χ0v) is 10.6. The van der Waals surface area contributed by atoms with Crippen LogP contribution in [0.5, 0.6) is 0 Å². The van der Waals surface area contributed by atoms with Gasteiger partial charge in [-0.15, -0.1) is 0 Å². The molecule has 0 N–H and O–H groups in total. The van der Waals surface area contributed by atoms with Crippen LogP contribution >= 0.6 is 0 Å². The Labute approximate surface area is 88.6 Å². The summed E-state index contributed by atoms with van der Waals surface area (Å²) < 4.78 is 9.48. The van der Waals surface area contributed by atoms with Crippen molar-refractivity contribution in [2.45, 2.75) is 6.92 Å². The molecule has 0 saturated carbocycles. The Balaban J connectivity index is 0.000000226. The van der Waals surface area contributed by atoms with Crippen molar-refractivity contribution in [3.8, 4) is 0 Å². The molecule has 0 aliphatic heterocycles. The molecule has 0 unspecified atom stereocenters. The molecule has 0 aromatic heterocycles. The molecule has 0 saturated heterocycles. The van der Waals surface area contributed by atoms with Gasteiger partial charge in [0.15, 0.2) is 0 Å². The van der Waals surface area contributed by atoms with Crippen LogP contribution in [0.4, 0.5) is 0 Å². The number of methoxy groups -OCH3 is 1. The number of aryl methyl sites for hydroxylation is 1. The average molecular weight is 196 g/mol. The van der Waals surface area contributed by atoms with E-state index in [1.165, 1.54) is 5.56 Å². The topological polar surface area (TPSA) is 18.5 Å². The summed E-state index contributed by atoms with van der Waals surface area (Å²) in [5.74, 6) is 0. The van der Waals surface area contributed by atoms with Crippen LogP contribution in [0.25, 0.3) is 0 Å². The standard InChI is InChI=1S/C7H8.C3H7O2.Al.2H/c1-7-5-3-2-4-6-7;1-5-3-2-4;;;/h2-6H,1H3;2-3H2,1H3;;;/q;-1;+1;;. The highest BCUT2D eigenvalue weighted by atomic mass is 27.1. The van der Waals surface area contributed by atoms with E-state index in [2.05, 4.69) is 23.8 Å². The third-order valence-corrected chi connectivity index (χ3v) is 1.84. The first kappa shape index (κ1) is 12.7. The van der Waals surface area contributed by atoms with Crippen LogP contribution in [-0.4, -0.2) is 36.9 Å². The van der Waals surface area contributed by atoms with Gasteiger partial charge in [-0.2, -0.15) is 0 Å². The van der Waals surface area contributed by atoms with E-state index in [1.807, 2.05) is 18.2 Å². The van der Waals surface area contributed by atoms with Crippen molar-refractivity contribution in [1.29, 1.82) is 0 Å². The summed E-state index contributed by atoms with van der Waals surface area (Å²) in [7, 11) is 1.67. The molecule has 2 nitrogen and oxygen atoms in total. The van der Waals surface area contributed by atoms with E-state index in [1.54, 1.807) is 7.11 Å². The Morgan fingerprint density at radius 2 is 1.77 bits per heavy atom. The van der Waals surface area contributed by atoms with Gasteiger partial charge in [0.2, 0.25) is 0 Å². The molecule has 1 aromatic carbocycles. The van der Waals surface area contributed by atoms with Gasteiger partial charge < -0.3 is 8.53 Å². The molecular formula is C10H17AlO2. The van der Waals surface area contributed by atoms with E-state index in [0.717, 1.165) is 29.8 Å². The molecule has 0 aliphatic carbocycles. The quantitative estimate of drug-likeness (QED) is 0.534. The fourth-order valence-electron chi connectivity index (χ4n) is 0.701. The van der Waals surface area contributed by atoms with Crippen LogP contribution in [-0.2, 0) is 8.53 Å². The normalized spacial score (nSPS) is 8.77. The number of hydrogen-bond donors (Lipinski definition) is 0. The van der Waals surface area contributed by atoms with Crippen molar-refractivity contribution in [3.05, 3.63) is 35.9 Å². The maximum Gasteiger partial charge on any atom is 0.410 e. The smallest absolute Gasteiger partial charge is 0.410 e. The number of ether oxygens (including phenoxy) is 1. The van der Waals surface area contributed by atoms with E-state index in [4.69, 9.17) is 3.79 Å². The second-order valence-electron chi connectivity index (χ2n) is 2.64. The molecule has 0 amide bonds. The minimum absolute atomic E-state index is 0.726. The molecule has 13 heavy (non-hydrogen) atoms. The average Bonchev–Trinajstić information content (AvgIpc) is 2.17. The third kappa shape index (κ3) is 9.59. The first-order valence-corrected chi connectivity index (χ1v) is 5.12. The van der Waals surface area contributed by atoms with E-state index in [0.29, 0.717) is 0 Å². The lowest BCUT2D eigenvalue weighted by molar-refractivity contribution is 0.152. The van der Waals surface area contributed by atoms with Crippen molar-refractivity contribution in [2.24, 2.45) is 0 Å².